The SMILES string of the molecule is Cc1c(C)c(S(=O)(=O)NC(N)=NCCC[C@H](NC(=O)OCC2c3ccccc3-c3ccccc32)C(=O)NCCCCCNC(=O)c2ccc(C(=O)O)c3ccccc23)c(C)c2c1OC(C)(C)C2. The Balaban J connectivity index is 0.939. The number of alkyl carbamates (subject to hydrolysis) is 1. The third-order valence-electron chi connectivity index (χ3n) is 12.5. The van der Waals surface area contributed by atoms with Crippen LogP contribution in [0.3, 0.4) is 0 Å². The van der Waals surface area contributed by atoms with E-state index in [4.69, 9.17) is 15.2 Å². The van der Waals surface area contributed by atoms with E-state index in [-0.39, 0.29) is 54.2 Å². The number of hydrogen-bond donors (Lipinski definition) is 6. The van der Waals surface area contributed by atoms with Crippen molar-refractivity contribution in [2.24, 2.45) is 10.7 Å². The largest absolute Gasteiger partial charge is 0.487 e. The van der Waals surface area contributed by atoms with Gasteiger partial charge in [0, 0.05) is 43.1 Å². The molecule has 1 atom stereocenters. The maximum absolute atomic E-state index is 13.7. The molecular formula is C51H58N6O9S. The third kappa shape index (κ3) is 10.7. The molecule has 0 unspecified atom stereocenters. The van der Waals surface area contributed by atoms with Crippen LogP contribution in [0.5, 0.6) is 5.75 Å². The summed E-state index contributed by atoms with van der Waals surface area (Å²) < 4.78 is 41.8. The second-order valence-corrected chi connectivity index (χ2v) is 19.3. The molecule has 1 aliphatic heterocycles. The number of aromatic carboxylic acids is 1. The van der Waals surface area contributed by atoms with Gasteiger partial charge in [0.2, 0.25) is 11.9 Å². The van der Waals surface area contributed by atoms with Gasteiger partial charge >= 0.3 is 12.1 Å². The fourth-order valence-corrected chi connectivity index (χ4v) is 10.7. The summed E-state index contributed by atoms with van der Waals surface area (Å²) >= 11 is 0. The number of guanidine groups is 1. The number of nitrogens with one attached hydrogen (secondary N) is 4. The molecule has 15 nitrogen and oxygen atoms in total. The van der Waals surface area contributed by atoms with Gasteiger partial charge in [-0.05, 0) is 129 Å². The molecule has 0 saturated carbocycles. The second-order valence-electron chi connectivity index (χ2n) is 17.7. The highest BCUT2D eigenvalue weighted by Gasteiger charge is 2.37. The quantitative estimate of drug-likeness (QED) is 0.0295. The van der Waals surface area contributed by atoms with Crippen molar-refractivity contribution >= 4 is 50.6 Å². The van der Waals surface area contributed by atoms with Crippen molar-refractivity contribution in [3.63, 3.8) is 0 Å². The molecule has 7 N–H and O–H groups in total. The van der Waals surface area contributed by atoms with E-state index >= 15 is 0 Å². The number of fused-ring (bicyclic) bond motifs is 5. The lowest BCUT2D eigenvalue weighted by atomic mass is 9.94. The summed E-state index contributed by atoms with van der Waals surface area (Å²) in [6.45, 7) is 10.1. The van der Waals surface area contributed by atoms with Crippen molar-refractivity contribution in [2.45, 2.75) is 95.6 Å². The molecular weight excluding hydrogens is 873 g/mol. The molecule has 0 fully saturated rings. The summed E-state index contributed by atoms with van der Waals surface area (Å²) in [5.41, 5.74) is 13.2. The van der Waals surface area contributed by atoms with Crippen molar-refractivity contribution in [2.75, 3.05) is 26.2 Å². The van der Waals surface area contributed by atoms with Crippen LogP contribution in [0.25, 0.3) is 21.9 Å². The van der Waals surface area contributed by atoms with Gasteiger partial charge in [0.1, 0.15) is 24.0 Å². The van der Waals surface area contributed by atoms with Gasteiger partial charge in [-0.15, -0.1) is 0 Å². The van der Waals surface area contributed by atoms with E-state index in [0.29, 0.717) is 72.0 Å². The van der Waals surface area contributed by atoms with Crippen LogP contribution in [0.15, 0.2) is 94.8 Å². The van der Waals surface area contributed by atoms with Gasteiger partial charge in [-0.25, -0.2) is 22.7 Å². The fourth-order valence-electron chi connectivity index (χ4n) is 9.16. The van der Waals surface area contributed by atoms with Crippen molar-refractivity contribution in [1.82, 2.24) is 20.7 Å². The summed E-state index contributed by atoms with van der Waals surface area (Å²) in [4.78, 5) is 56.1. The van der Waals surface area contributed by atoms with Crippen molar-refractivity contribution < 1.29 is 42.2 Å². The molecule has 3 amide bonds. The van der Waals surface area contributed by atoms with Gasteiger partial charge in [0.15, 0.2) is 0 Å². The van der Waals surface area contributed by atoms with Gasteiger partial charge in [0.25, 0.3) is 15.9 Å². The van der Waals surface area contributed by atoms with Crippen LogP contribution in [-0.2, 0) is 26.0 Å². The summed E-state index contributed by atoms with van der Waals surface area (Å²) in [5, 5.41) is 19.1. The number of hydrogen-bond acceptors (Lipinski definition) is 9. The molecule has 0 bridgehead atoms. The average molecular weight is 931 g/mol. The number of carboxylic acids is 1. The summed E-state index contributed by atoms with van der Waals surface area (Å²) in [6.07, 6.45) is 2.09. The minimum Gasteiger partial charge on any atom is -0.487 e. The van der Waals surface area contributed by atoms with Gasteiger partial charge < -0.3 is 36.3 Å². The number of carbonyl (C=O) groups excluding carboxylic acids is 3. The molecule has 0 aromatic heterocycles. The van der Waals surface area contributed by atoms with E-state index in [1.54, 1.807) is 38.1 Å². The Bertz CT molecular complexity index is 2830. The number of carbonyl (C=O) groups is 4. The number of amides is 3. The molecule has 352 valence electrons. The maximum atomic E-state index is 13.7. The monoisotopic (exact) mass is 930 g/mol. The molecule has 1 aliphatic carbocycles. The Labute approximate surface area is 391 Å². The molecule has 1 heterocycles. The first-order valence-electron chi connectivity index (χ1n) is 22.5. The third-order valence-corrected chi connectivity index (χ3v) is 14.2. The highest BCUT2D eigenvalue weighted by Crippen LogP contribution is 2.45. The number of unbranched alkanes of at least 4 members (excludes halogenated alkanes) is 2. The molecule has 67 heavy (non-hydrogen) atoms. The van der Waals surface area contributed by atoms with Crippen molar-refractivity contribution in [1.29, 1.82) is 0 Å². The van der Waals surface area contributed by atoms with Crippen LogP contribution < -0.4 is 31.1 Å². The number of aliphatic imine (C=N–C) groups is 1. The number of ether oxygens (including phenoxy) is 2. The minimum atomic E-state index is -4.12. The van der Waals surface area contributed by atoms with E-state index in [2.05, 4.69) is 25.7 Å². The Hall–Kier alpha value is -6.94. The molecule has 5 aromatic carbocycles. The van der Waals surface area contributed by atoms with Crippen molar-refractivity contribution in [3.05, 3.63) is 129 Å². The zero-order valence-electron chi connectivity index (χ0n) is 38.5. The van der Waals surface area contributed by atoms with Crippen LogP contribution in [0.2, 0.25) is 0 Å². The number of benzene rings is 5. The van der Waals surface area contributed by atoms with E-state index in [1.807, 2.05) is 69.3 Å². The first-order valence-corrected chi connectivity index (χ1v) is 24.0. The predicted molar refractivity (Wildman–Crippen MR) is 257 cm³/mol. The Morgan fingerprint density at radius 3 is 2.06 bits per heavy atom. The summed E-state index contributed by atoms with van der Waals surface area (Å²) in [7, 11) is -4.12. The second kappa shape index (κ2) is 20.3. The Kier molecular flexibility index (Phi) is 14.5. The molecule has 16 heteroatoms. The number of rotatable bonds is 18. The predicted octanol–water partition coefficient (Wildman–Crippen LogP) is 7.17. The van der Waals surface area contributed by atoms with Crippen LogP contribution >= 0.6 is 0 Å². The minimum absolute atomic E-state index is 0.0545. The standard InChI is InChI=1S/C51H58N6O9S/c1-30-31(2)45(32(3)41-28-51(4,5)66-44(30)41)67(63,64)57-49(52)55-27-15-22-43(56-50(62)65-29-42-37-20-11-7-16-33(37)34-17-8-12-21-38(34)42)47(59)54-26-14-6-13-25-53-46(58)39-23-24-40(48(60)61)36-19-10-9-18-35(36)39/h7-12,16-21,23-24,42-43H,6,13-15,22,25-29H2,1-5H3,(H,53,58)(H,54,59)(H,56,62)(H,60,61)(H3,52,55,57)/t43-/m0/s1. The molecule has 0 saturated heterocycles. The Morgan fingerprint density at radius 2 is 1.40 bits per heavy atom. The average Bonchev–Trinajstić information content (AvgIpc) is 3.81. The summed E-state index contributed by atoms with van der Waals surface area (Å²) in [6, 6.07) is 24.8. The van der Waals surface area contributed by atoms with Crippen LogP contribution in [-0.4, -0.2) is 81.2 Å². The van der Waals surface area contributed by atoms with Gasteiger partial charge in [-0.3, -0.25) is 14.6 Å². The highest BCUT2D eigenvalue weighted by atomic mass is 32.2. The lowest BCUT2D eigenvalue weighted by Crippen LogP contribution is -2.47. The van der Waals surface area contributed by atoms with Gasteiger partial charge in [0.05, 0.1) is 10.5 Å². The van der Waals surface area contributed by atoms with Crippen LogP contribution in [0.4, 0.5) is 4.79 Å². The highest BCUT2D eigenvalue weighted by molar-refractivity contribution is 7.90. The van der Waals surface area contributed by atoms with E-state index in [1.165, 1.54) is 12.1 Å². The number of nitrogens with two attached hydrogens (primary N) is 1. The summed E-state index contributed by atoms with van der Waals surface area (Å²) in [5.74, 6) is -1.58. The Morgan fingerprint density at radius 1 is 0.806 bits per heavy atom. The maximum Gasteiger partial charge on any atom is 0.407 e. The molecule has 2 aliphatic rings. The molecule has 5 aromatic rings. The molecule has 0 spiro atoms. The molecule has 0 radical (unpaired) electrons. The first kappa shape index (κ1) is 48.0. The normalized spacial score (nSPS) is 14.3. The lowest BCUT2D eigenvalue weighted by Gasteiger charge is -2.20. The van der Waals surface area contributed by atoms with E-state index < -0.39 is 39.6 Å². The number of sulfonamides is 1. The number of nitrogens with zero attached hydrogens (tertiary/aromatic N) is 1. The lowest BCUT2D eigenvalue weighted by molar-refractivity contribution is -0.123. The zero-order valence-corrected chi connectivity index (χ0v) is 39.3. The fraction of sp³-hybridized carbons (Fsp3) is 0.353. The van der Waals surface area contributed by atoms with Crippen molar-refractivity contribution in [3.8, 4) is 16.9 Å². The number of carboxylic acid groups (broad SMARTS) is 1. The molecule has 7 rings (SSSR count). The van der Waals surface area contributed by atoms with E-state index in [0.717, 1.165) is 33.4 Å². The topological polar surface area (TPSA) is 228 Å². The first-order chi connectivity index (χ1) is 32.0. The van der Waals surface area contributed by atoms with Gasteiger partial charge in [-0.1, -0.05) is 72.8 Å². The van der Waals surface area contributed by atoms with Crippen LogP contribution in [0, 0.1) is 20.8 Å². The smallest absolute Gasteiger partial charge is 0.407 e. The van der Waals surface area contributed by atoms with Crippen LogP contribution in [0.1, 0.15) is 106 Å². The van der Waals surface area contributed by atoms with E-state index in [9.17, 15) is 32.7 Å². The zero-order chi connectivity index (χ0) is 48.0. The van der Waals surface area contributed by atoms with Gasteiger partial charge in [-0.2, -0.15) is 0 Å².